The summed E-state index contributed by atoms with van der Waals surface area (Å²) >= 11 is 0. The molecule has 1 unspecified atom stereocenters. The van der Waals surface area contributed by atoms with Crippen LogP contribution in [0.5, 0.6) is 5.75 Å². The maximum atomic E-state index is 13.7. The summed E-state index contributed by atoms with van der Waals surface area (Å²) in [5.41, 5.74) is 0.382. The van der Waals surface area contributed by atoms with Gasteiger partial charge in [0.25, 0.3) is 5.56 Å². The van der Waals surface area contributed by atoms with Gasteiger partial charge >= 0.3 is 0 Å². The molecule has 28 heavy (non-hydrogen) atoms. The molecule has 3 aromatic rings. The van der Waals surface area contributed by atoms with Gasteiger partial charge in [-0.15, -0.1) is 0 Å². The van der Waals surface area contributed by atoms with E-state index in [4.69, 9.17) is 4.74 Å². The Hall–Kier alpha value is -3.55. The van der Waals surface area contributed by atoms with E-state index < -0.39 is 29.1 Å². The Morgan fingerprint density at radius 3 is 2.50 bits per heavy atom. The lowest BCUT2D eigenvalue weighted by molar-refractivity contribution is -0.119. The number of ether oxygens (including phenoxy) is 1. The van der Waals surface area contributed by atoms with Gasteiger partial charge in [-0.1, -0.05) is 0 Å². The number of amides is 1. The van der Waals surface area contributed by atoms with Crippen LogP contribution >= 0.6 is 0 Å². The minimum Gasteiger partial charge on any atom is -0.497 e. The molecule has 1 aromatic heterocycles. The van der Waals surface area contributed by atoms with E-state index in [0.29, 0.717) is 11.4 Å². The van der Waals surface area contributed by atoms with Crippen LogP contribution in [0.2, 0.25) is 0 Å². The second-order valence-electron chi connectivity index (χ2n) is 6.02. The molecule has 0 aliphatic heterocycles. The number of nitrogens with zero attached hydrogens (tertiary/aromatic N) is 2. The number of methoxy groups -OCH3 is 1. The topological polar surface area (TPSA) is 73.2 Å². The number of benzene rings is 2. The van der Waals surface area contributed by atoms with Gasteiger partial charge in [0.05, 0.1) is 18.5 Å². The summed E-state index contributed by atoms with van der Waals surface area (Å²) in [4.78, 5) is 24.6. The van der Waals surface area contributed by atoms with Crippen molar-refractivity contribution in [3.8, 4) is 17.0 Å². The molecule has 1 N–H and O–H groups in total. The maximum absolute atomic E-state index is 13.7. The molecule has 0 fully saturated rings. The Kier molecular flexibility index (Phi) is 5.49. The van der Waals surface area contributed by atoms with Crippen LogP contribution < -0.4 is 15.6 Å². The number of nitrogens with one attached hydrogen (secondary N) is 1. The van der Waals surface area contributed by atoms with Crippen LogP contribution in [0.3, 0.4) is 0 Å². The van der Waals surface area contributed by atoms with Crippen molar-refractivity contribution in [3.63, 3.8) is 0 Å². The molecule has 1 atom stereocenters. The molecule has 2 aromatic carbocycles. The summed E-state index contributed by atoms with van der Waals surface area (Å²) in [6.45, 7) is 1.44. The lowest BCUT2D eigenvalue weighted by Gasteiger charge is -2.15. The Labute approximate surface area is 159 Å². The molecule has 0 saturated heterocycles. The number of halogens is 2. The van der Waals surface area contributed by atoms with Crippen molar-refractivity contribution in [1.82, 2.24) is 9.78 Å². The van der Waals surface area contributed by atoms with Crippen molar-refractivity contribution in [1.29, 1.82) is 0 Å². The lowest BCUT2D eigenvalue weighted by atomic mass is 10.1. The molecule has 144 valence electrons. The third-order valence-electron chi connectivity index (χ3n) is 4.14. The van der Waals surface area contributed by atoms with Gasteiger partial charge in [0.2, 0.25) is 5.91 Å². The van der Waals surface area contributed by atoms with Crippen LogP contribution in [0.25, 0.3) is 11.3 Å². The SMILES string of the molecule is COc1ccc(-c2ccc(=O)n(C(C)C(=O)Nc3cc(F)ccc3F)n2)cc1. The molecule has 1 heterocycles. The fourth-order valence-electron chi connectivity index (χ4n) is 2.56. The first-order valence-electron chi connectivity index (χ1n) is 8.39. The normalized spacial score (nSPS) is 11.7. The van der Waals surface area contributed by atoms with E-state index >= 15 is 0 Å². The van der Waals surface area contributed by atoms with Crippen LogP contribution in [0.15, 0.2) is 59.4 Å². The number of hydrogen-bond acceptors (Lipinski definition) is 4. The maximum Gasteiger partial charge on any atom is 0.267 e. The monoisotopic (exact) mass is 385 g/mol. The average molecular weight is 385 g/mol. The number of aromatic nitrogens is 2. The van der Waals surface area contributed by atoms with Crippen LogP contribution in [-0.2, 0) is 4.79 Å². The number of carbonyl (C=O) groups excluding carboxylic acids is 1. The minimum atomic E-state index is -1.05. The Balaban J connectivity index is 1.88. The van der Waals surface area contributed by atoms with E-state index in [9.17, 15) is 18.4 Å². The van der Waals surface area contributed by atoms with Gasteiger partial charge in [0.15, 0.2) is 0 Å². The zero-order chi connectivity index (χ0) is 20.3. The van der Waals surface area contributed by atoms with E-state index in [-0.39, 0.29) is 5.69 Å². The standard InChI is InChI=1S/C20H17F2N3O3/c1-12(20(27)23-18-11-14(21)5-8-16(18)22)25-19(26)10-9-17(24-25)13-3-6-15(28-2)7-4-13/h3-12H,1-2H3,(H,23,27). The molecule has 0 spiro atoms. The fraction of sp³-hybridized carbons (Fsp3) is 0.150. The van der Waals surface area contributed by atoms with Crippen molar-refractivity contribution in [2.45, 2.75) is 13.0 Å². The zero-order valence-corrected chi connectivity index (χ0v) is 15.1. The summed E-state index contributed by atoms with van der Waals surface area (Å²) in [5, 5.41) is 6.52. The van der Waals surface area contributed by atoms with Crippen LogP contribution in [0.4, 0.5) is 14.5 Å². The molecule has 6 nitrogen and oxygen atoms in total. The van der Waals surface area contributed by atoms with Gasteiger partial charge in [0.1, 0.15) is 23.4 Å². The van der Waals surface area contributed by atoms with E-state index in [0.717, 1.165) is 28.4 Å². The van der Waals surface area contributed by atoms with Crippen LogP contribution in [-0.4, -0.2) is 22.8 Å². The van der Waals surface area contributed by atoms with Crippen molar-refractivity contribution in [2.24, 2.45) is 0 Å². The van der Waals surface area contributed by atoms with E-state index in [1.165, 1.54) is 19.1 Å². The van der Waals surface area contributed by atoms with Gasteiger partial charge in [-0.2, -0.15) is 5.10 Å². The van der Waals surface area contributed by atoms with Gasteiger partial charge in [0, 0.05) is 17.7 Å². The molecule has 0 radical (unpaired) electrons. The summed E-state index contributed by atoms with van der Waals surface area (Å²) in [6.07, 6.45) is 0. The second-order valence-corrected chi connectivity index (χ2v) is 6.02. The van der Waals surface area contributed by atoms with Gasteiger partial charge in [-0.25, -0.2) is 13.5 Å². The van der Waals surface area contributed by atoms with E-state index in [2.05, 4.69) is 10.4 Å². The van der Waals surface area contributed by atoms with Crippen molar-refractivity contribution >= 4 is 11.6 Å². The smallest absolute Gasteiger partial charge is 0.267 e. The summed E-state index contributed by atoms with van der Waals surface area (Å²) in [6, 6.07) is 11.5. The van der Waals surface area contributed by atoms with Crippen molar-refractivity contribution in [2.75, 3.05) is 12.4 Å². The molecule has 0 aliphatic carbocycles. The van der Waals surface area contributed by atoms with E-state index in [1.807, 2.05) is 0 Å². The average Bonchev–Trinajstić information content (AvgIpc) is 2.70. The first-order valence-corrected chi connectivity index (χ1v) is 8.39. The zero-order valence-electron chi connectivity index (χ0n) is 15.1. The highest BCUT2D eigenvalue weighted by molar-refractivity contribution is 5.93. The number of anilines is 1. The molecule has 0 bridgehead atoms. The highest BCUT2D eigenvalue weighted by Gasteiger charge is 2.19. The molecular weight excluding hydrogens is 368 g/mol. The summed E-state index contributed by atoms with van der Waals surface area (Å²) in [5.74, 6) is -1.51. The quantitative estimate of drug-likeness (QED) is 0.731. The molecule has 1 amide bonds. The van der Waals surface area contributed by atoms with Gasteiger partial charge < -0.3 is 10.1 Å². The highest BCUT2D eigenvalue weighted by Crippen LogP contribution is 2.21. The molecular formula is C20H17F2N3O3. The first-order chi connectivity index (χ1) is 13.4. The van der Waals surface area contributed by atoms with Crippen LogP contribution in [0, 0.1) is 11.6 Å². The lowest BCUT2D eigenvalue weighted by Crippen LogP contribution is -2.33. The molecule has 0 aliphatic rings. The van der Waals surface area contributed by atoms with E-state index in [1.54, 1.807) is 31.4 Å². The summed E-state index contributed by atoms with van der Waals surface area (Å²) < 4.78 is 33.1. The number of carbonyl (C=O) groups is 1. The third-order valence-corrected chi connectivity index (χ3v) is 4.14. The Morgan fingerprint density at radius 2 is 1.82 bits per heavy atom. The second kappa shape index (κ2) is 7.99. The van der Waals surface area contributed by atoms with Crippen molar-refractivity contribution < 1.29 is 18.3 Å². The Bertz CT molecular complexity index is 1070. The molecule has 3 rings (SSSR count). The highest BCUT2D eigenvalue weighted by atomic mass is 19.1. The first kappa shape index (κ1) is 19.2. The Morgan fingerprint density at radius 1 is 1.11 bits per heavy atom. The van der Waals surface area contributed by atoms with Crippen molar-refractivity contribution in [3.05, 3.63) is 76.6 Å². The van der Waals surface area contributed by atoms with Gasteiger partial charge in [-0.3, -0.25) is 9.59 Å². The van der Waals surface area contributed by atoms with Gasteiger partial charge in [-0.05, 0) is 49.4 Å². The molecule has 0 saturated carbocycles. The fourth-order valence-corrected chi connectivity index (χ4v) is 2.56. The minimum absolute atomic E-state index is 0.309. The number of rotatable bonds is 5. The predicted octanol–water partition coefficient (Wildman–Crippen LogP) is 3.40. The third kappa shape index (κ3) is 4.06. The molecule has 8 heteroatoms. The number of hydrogen-bond donors (Lipinski definition) is 1. The predicted molar refractivity (Wildman–Crippen MR) is 100 cm³/mol. The van der Waals surface area contributed by atoms with Crippen LogP contribution in [0.1, 0.15) is 13.0 Å². The largest absolute Gasteiger partial charge is 0.497 e. The summed E-state index contributed by atoms with van der Waals surface area (Å²) in [7, 11) is 1.55.